The molecule has 2 aliphatic carbocycles. The lowest BCUT2D eigenvalue weighted by atomic mass is 9.90. The monoisotopic (exact) mass is 215 g/mol. The molecule has 0 heterocycles. The number of hydrogen-bond donors (Lipinski definition) is 1. The fraction of sp³-hybridized carbons (Fsp3) is 0.600. The van der Waals surface area contributed by atoms with Gasteiger partial charge < -0.3 is 5.32 Å². The van der Waals surface area contributed by atoms with Gasteiger partial charge in [0.2, 0.25) is 0 Å². The van der Waals surface area contributed by atoms with Crippen LogP contribution in [0.4, 0.5) is 0 Å². The van der Waals surface area contributed by atoms with Crippen LogP contribution in [-0.4, -0.2) is 12.6 Å². The van der Waals surface area contributed by atoms with Crippen LogP contribution in [0.25, 0.3) is 0 Å². The molecule has 0 spiro atoms. The zero-order valence-corrected chi connectivity index (χ0v) is 10.1. The van der Waals surface area contributed by atoms with Gasteiger partial charge in [0.25, 0.3) is 0 Å². The summed E-state index contributed by atoms with van der Waals surface area (Å²) in [6.07, 6.45) is 5.66. The SMILES string of the molecule is Cc1ccccc1C(CNC1CC1)C1CC1. The summed E-state index contributed by atoms with van der Waals surface area (Å²) in [7, 11) is 0. The molecule has 3 rings (SSSR count). The predicted molar refractivity (Wildman–Crippen MR) is 67.7 cm³/mol. The van der Waals surface area contributed by atoms with E-state index in [1.54, 1.807) is 5.56 Å². The van der Waals surface area contributed by atoms with Gasteiger partial charge in [-0.2, -0.15) is 0 Å². The fourth-order valence-electron chi connectivity index (χ4n) is 2.61. The number of hydrogen-bond acceptors (Lipinski definition) is 1. The number of nitrogens with one attached hydrogen (secondary N) is 1. The molecule has 1 N–H and O–H groups in total. The standard InChI is InChI=1S/C15H21N/c1-11-4-2-3-5-14(11)15(12-6-7-12)10-16-13-8-9-13/h2-5,12-13,15-16H,6-10H2,1H3. The van der Waals surface area contributed by atoms with Crippen molar-refractivity contribution in [2.45, 2.75) is 44.6 Å². The van der Waals surface area contributed by atoms with Crippen molar-refractivity contribution in [2.75, 3.05) is 6.54 Å². The third kappa shape index (κ3) is 2.30. The smallest absolute Gasteiger partial charge is 0.00684 e. The molecule has 86 valence electrons. The van der Waals surface area contributed by atoms with Crippen molar-refractivity contribution in [3.05, 3.63) is 35.4 Å². The highest BCUT2D eigenvalue weighted by Gasteiger charge is 2.34. The summed E-state index contributed by atoms with van der Waals surface area (Å²) in [5.41, 5.74) is 3.05. The highest BCUT2D eigenvalue weighted by molar-refractivity contribution is 5.31. The van der Waals surface area contributed by atoms with Crippen molar-refractivity contribution in [1.29, 1.82) is 0 Å². The molecule has 2 aliphatic rings. The number of rotatable bonds is 5. The third-order valence-electron chi connectivity index (χ3n) is 3.98. The van der Waals surface area contributed by atoms with Gasteiger partial charge in [-0.05, 0) is 55.6 Å². The molecule has 1 aromatic carbocycles. The summed E-state index contributed by atoms with van der Waals surface area (Å²) in [5.74, 6) is 1.72. The Labute approximate surface area is 98.3 Å². The van der Waals surface area contributed by atoms with Crippen LogP contribution in [0.3, 0.4) is 0 Å². The number of benzene rings is 1. The molecule has 0 aliphatic heterocycles. The molecular formula is C15H21N. The van der Waals surface area contributed by atoms with Crippen molar-refractivity contribution in [1.82, 2.24) is 5.32 Å². The predicted octanol–water partition coefficient (Wildman–Crippen LogP) is 3.24. The quantitative estimate of drug-likeness (QED) is 0.795. The maximum atomic E-state index is 3.70. The molecule has 1 unspecified atom stereocenters. The summed E-state index contributed by atoms with van der Waals surface area (Å²) in [5, 5.41) is 3.70. The Hall–Kier alpha value is -0.820. The lowest BCUT2D eigenvalue weighted by molar-refractivity contribution is 0.531. The highest BCUT2D eigenvalue weighted by Crippen LogP contribution is 2.43. The van der Waals surface area contributed by atoms with Crippen LogP contribution in [-0.2, 0) is 0 Å². The molecule has 1 aromatic rings. The molecular weight excluding hydrogens is 194 g/mol. The summed E-state index contributed by atoms with van der Waals surface area (Å²) in [6, 6.07) is 9.76. The minimum atomic E-state index is 0.766. The Balaban J connectivity index is 1.73. The molecule has 0 saturated heterocycles. The summed E-state index contributed by atoms with van der Waals surface area (Å²) >= 11 is 0. The van der Waals surface area contributed by atoms with E-state index in [2.05, 4.69) is 36.5 Å². The van der Waals surface area contributed by atoms with Gasteiger partial charge in [-0.3, -0.25) is 0 Å². The summed E-state index contributed by atoms with van der Waals surface area (Å²) in [6.45, 7) is 3.45. The van der Waals surface area contributed by atoms with Gasteiger partial charge in [-0.15, -0.1) is 0 Å². The largest absolute Gasteiger partial charge is 0.313 e. The van der Waals surface area contributed by atoms with E-state index in [1.807, 2.05) is 0 Å². The maximum absolute atomic E-state index is 3.70. The van der Waals surface area contributed by atoms with Gasteiger partial charge in [0.05, 0.1) is 0 Å². The van der Waals surface area contributed by atoms with Gasteiger partial charge in [0, 0.05) is 12.6 Å². The number of aryl methyl sites for hydroxylation is 1. The van der Waals surface area contributed by atoms with Crippen LogP contribution >= 0.6 is 0 Å². The lowest BCUT2D eigenvalue weighted by Crippen LogP contribution is -2.25. The molecule has 0 radical (unpaired) electrons. The topological polar surface area (TPSA) is 12.0 Å². The normalized spacial score (nSPS) is 22.1. The molecule has 1 atom stereocenters. The Morgan fingerprint density at radius 3 is 2.56 bits per heavy atom. The van der Waals surface area contributed by atoms with Crippen LogP contribution in [0.2, 0.25) is 0 Å². The van der Waals surface area contributed by atoms with Crippen molar-refractivity contribution >= 4 is 0 Å². The third-order valence-corrected chi connectivity index (χ3v) is 3.98. The van der Waals surface area contributed by atoms with E-state index in [4.69, 9.17) is 0 Å². The molecule has 1 heteroatoms. The van der Waals surface area contributed by atoms with Crippen LogP contribution in [0.1, 0.15) is 42.7 Å². The molecule has 1 nitrogen and oxygen atoms in total. The van der Waals surface area contributed by atoms with Crippen LogP contribution < -0.4 is 5.32 Å². The molecule has 2 fully saturated rings. The van der Waals surface area contributed by atoms with E-state index in [-0.39, 0.29) is 0 Å². The van der Waals surface area contributed by atoms with Crippen molar-refractivity contribution < 1.29 is 0 Å². The van der Waals surface area contributed by atoms with E-state index in [0.29, 0.717) is 0 Å². The second-order valence-electron chi connectivity index (χ2n) is 5.48. The van der Waals surface area contributed by atoms with Crippen molar-refractivity contribution in [3.63, 3.8) is 0 Å². The first-order valence-electron chi connectivity index (χ1n) is 6.63. The first-order valence-corrected chi connectivity index (χ1v) is 6.63. The first-order chi connectivity index (χ1) is 7.84. The van der Waals surface area contributed by atoms with Gasteiger partial charge in [0.15, 0.2) is 0 Å². The molecule has 0 bridgehead atoms. The van der Waals surface area contributed by atoms with E-state index in [0.717, 1.165) is 17.9 Å². The minimum absolute atomic E-state index is 0.766. The second-order valence-corrected chi connectivity index (χ2v) is 5.48. The zero-order valence-electron chi connectivity index (χ0n) is 10.1. The molecule has 0 aromatic heterocycles. The van der Waals surface area contributed by atoms with Gasteiger partial charge in [-0.1, -0.05) is 24.3 Å². The van der Waals surface area contributed by atoms with Crippen LogP contribution in [0, 0.1) is 12.8 Å². The Bertz CT molecular complexity index is 363. The average molecular weight is 215 g/mol. The van der Waals surface area contributed by atoms with E-state index in [9.17, 15) is 0 Å². The van der Waals surface area contributed by atoms with Crippen LogP contribution in [0.15, 0.2) is 24.3 Å². The Kier molecular flexibility index (Phi) is 2.72. The fourth-order valence-corrected chi connectivity index (χ4v) is 2.61. The first kappa shape index (κ1) is 10.3. The average Bonchev–Trinajstić information content (AvgIpc) is 3.15. The van der Waals surface area contributed by atoms with Crippen molar-refractivity contribution in [3.8, 4) is 0 Å². The summed E-state index contributed by atoms with van der Waals surface area (Å²) in [4.78, 5) is 0. The van der Waals surface area contributed by atoms with E-state index < -0.39 is 0 Å². The molecule has 2 saturated carbocycles. The van der Waals surface area contributed by atoms with E-state index >= 15 is 0 Å². The highest BCUT2D eigenvalue weighted by atomic mass is 14.9. The molecule has 16 heavy (non-hydrogen) atoms. The van der Waals surface area contributed by atoms with Gasteiger partial charge in [-0.25, -0.2) is 0 Å². The Morgan fingerprint density at radius 1 is 1.19 bits per heavy atom. The van der Waals surface area contributed by atoms with Gasteiger partial charge >= 0.3 is 0 Å². The van der Waals surface area contributed by atoms with Gasteiger partial charge in [0.1, 0.15) is 0 Å². The lowest BCUT2D eigenvalue weighted by Gasteiger charge is -2.19. The van der Waals surface area contributed by atoms with Crippen LogP contribution in [0.5, 0.6) is 0 Å². The zero-order chi connectivity index (χ0) is 11.0. The summed E-state index contributed by atoms with van der Waals surface area (Å²) < 4.78 is 0. The Morgan fingerprint density at radius 2 is 1.94 bits per heavy atom. The minimum Gasteiger partial charge on any atom is -0.313 e. The second kappa shape index (κ2) is 4.21. The molecule has 0 amide bonds. The maximum Gasteiger partial charge on any atom is 0.00684 e. The van der Waals surface area contributed by atoms with Crippen molar-refractivity contribution in [2.24, 2.45) is 5.92 Å². The van der Waals surface area contributed by atoms with E-state index in [1.165, 1.54) is 37.8 Å².